The van der Waals surface area contributed by atoms with Gasteiger partial charge in [-0.05, 0) is 18.2 Å². The fraction of sp³-hybridized carbons (Fsp3) is 0. The molecule has 1 aromatic rings. The summed E-state index contributed by atoms with van der Waals surface area (Å²) in [6, 6.07) is 6.75. The number of halogens is 1. The van der Waals surface area contributed by atoms with E-state index in [0.717, 1.165) is 4.47 Å². The second-order valence-electron chi connectivity index (χ2n) is 3.37. The number of hydrogen-bond donors (Lipinski definition) is 2. The standard InChI is InChI=1S/C11H6BrN3O2/c12-5-1-2-8-6(3-5)9(11(17)15-8)7(4-13)10(14)16/h1-3H,(H2,14,16)(H,15,17)/b9-7-. The predicted molar refractivity (Wildman–Crippen MR) is 64.5 cm³/mol. The Hall–Kier alpha value is -2.13. The van der Waals surface area contributed by atoms with Crippen molar-refractivity contribution in [3.05, 3.63) is 33.8 Å². The molecule has 0 radical (unpaired) electrons. The fourth-order valence-corrected chi connectivity index (χ4v) is 1.98. The van der Waals surface area contributed by atoms with Crippen LogP contribution in [0.15, 0.2) is 28.2 Å². The summed E-state index contributed by atoms with van der Waals surface area (Å²) >= 11 is 3.26. The van der Waals surface area contributed by atoms with Gasteiger partial charge < -0.3 is 11.1 Å². The number of fused-ring (bicyclic) bond motifs is 1. The largest absolute Gasteiger partial charge is 0.365 e. The van der Waals surface area contributed by atoms with Crippen LogP contribution in [0.3, 0.4) is 0 Å². The first-order valence-corrected chi connectivity index (χ1v) is 5.39. The van der Waals surface area contributed by atoms with Gasteiger partial charge in [-0.2, -0.15) is 5.26 Å². The van der Waals surface area contributed by atoms with Gasteiger partial charge in [-0.1, -0.05) is 15.9 Å². The van der Waals surface area contributed by atoms with Gasteiger partial charge in [0, 0.05) is 15.7 Å². The van der Waals surface area contributed by atoms with E-state index in [1.807, 2.05) is 0 Å². The summed E-state index contributed by atoms with van der Waals surface area (Å²) in [6.45, 7) is 0. The summed E-state index contributed by atoms with van der Waals surface area (Å²) in [5.41, 5.74) is 5.82. The molecule has 2 amide bonds. The van der Waals surface area contributed by atoms with Crippen LogP contribution in [0.5, 0.6) is 0 Å². The van der Waals surface area contributed by atoms with E-state index in [1.165, 1.54) is 0 Å². The Labute approximate surface area is 105 Å². The summed E-state index contributed by atoms with van der Waals surface area (Å²) in [7, 11) is 0. The average Bonchev–Trinajstić information content (AvgIpc) is 2.56. The Morgan fingerprint density at radius 3 is 2.76 bits per heavy atom. The maximum Gasteiger partial charge on any atom is 0.260 e. The molecule has 3 N–H and O–H groups in total. The highest BCUT2D eigenvalue weighted by Crippen LogP contribution is 2.35. The molecular weight excluding hydrogens is 286 g/mol. The molecule has 0 saturated heterocycles. The summed E-state index contributed by atoms with van der Waals surface area (Å²) < 4.78 is 0.743. The number of nitrogens with one attached hydrogen (secondary N) is 1. The third-order valence-electron chi connectivity index (χ3n) is 2.33. The highest BCUT2D eigenvalue weighted by Gasteiger charge is 2.29. The van der Waals surface area contributed by atoms with Gasteiger partial charge in [-0.15, -0.1) is 0 Å². The van der Waals surface area contributed by atoms with Crippen LogP contribution in [-0.4, -0.2) is 11.8 Å². The maximum atomic E-state index is 11.7. The Kier molecular flexibility index (Phi) is 2.69. The first kappa shape index (κ1) is 11.4. The van der Waals surface area contributed by atoms with Crippen molar-refractivity contribution in [2.24, 2.45) is 5.73 Å². The van der Waals surface area contributed by atoms with Crippen LogP contribution in [0.2, 0.25) is 0 Å². The monoisotopic (exact) mass is 291 g/mol. The Balaban J connectivity index is 2.75. The number of anilines is 1. The van der Waals surface area contributed by atoms with Gasteiger partial charge in [0.15, 0.2) is 0 Å². The minimum atomic E-state index is -0.912. The van der Waals surface area contributed by atoms with Crippen LogP contribution in [0.25, 0.3) is 5.57 Å². The molecule has 0 saturated carbocycles. The molecule has 1 aromatic carbocycles. The van der Waals surface area contributed by atoms with Crippen LogP contribution in [0.4, 0.5) is 5.69 Å². The van der Waals surface area contributed by atoms with Crippen molar-refractivity contribution in [3.8, 4) is 6.07 Å². The van der Waals surface area contributed by atoms with Crippen molar-refractivity contribution in [2.45, 2.75) is 0 Å². The van der Waals surface area contributed by atoms with E-state index in [4.69, 9.17) is 11.0 Å². The summed E-state index contributed by atoms with van der Waals surface area (Å²) in [6.07, 6.45) is 0. The first-order chi connectivity index (χ1) is 8.04. The van der Waals surface area contributed by atoms with Crippen LogP contribution in [0, 0.1) is 11.3 Å². The minimum Gasteiger partial charge on any atom is -0.365 e. The van der Waals surface area contributed by atoms with E-state index in [0.29, 0.717) is 11.3 Å². The van der Waals surface area contributed by atoms with Gasteiger partial charge in [-0.25, -0.2) is 0 Å². The zero-order valence-electron chi connectivity index (χ0n) is 8.45. The van der Waals surface area contributed by atoms with Crippen LogP contribution in [-0.2, 0) is 9.59 Å². The molecule has 1 heterocycles. The van der Waals surface area contributed by atoms with Gasteiger partial charge in [-0.3, -0.25) is 9.59 Å². The number of nitrogens with two attached hydrogens (primary N) is 1. The number of nitrogens with zero attached hydrogens (tertiary/aromatic N) is 1. The molecular formula is C11H6BrN3O2. The Morgan fingerprint density at radius 1 is 1.47 bits per heavy atom. The van der Waals surface area contributed by atoms with Gasteiger partial charge >= 0.3 is 0 Å². The van der Waals surface area contributed by atoms with Gasteiger partial charge in [0.05, 0.1) is 5.57 Å². The zero-order chi connectivity index (χ0) is 12.6. The molecule has 6 heteroatoms. The quantitative estimate of drug-likeness (QED) is 0.600. The van der Waals surface area contributed by atoms with E-state index >= 15 is 0 Å². The van der Waals surface area contributed by atoms with Crippen molar-refractivity contribution in [1.29, 1.82) is 5.26 Å². The molecule has 1 aliphatic rings. The Bertz CT molecular complexity index is 614. The van der Waals surface area contributed by atoms with Crippen molar-refractivity contribution in [3.63, 3.8) is 0 Å². The number of benzene rings is 1. The molecule has 0 fully saturated rings. The van der Waals surface area contributed by atoms with Crippen LogP contribution < -0.4 is 11.1 Å². The van der Waals surface area contributed by atoms with E-state index in [1.54, 1.807) is 24.3 Å². The predicted octanol–water partition coefficient (Wildman–Crippen LogP) is 1.16. The molecule has 0 spiro atoms. The molecule has 17 heavy (non-hydrogen) atoms. The molecule has 84 valence electrons. The van der Waals surface area contributed by atoms with Crippen LogP contribution >= 0.6 is 15.9 Å². The second-order valence-corrected chi connectivity index (χ2v) is 4.29. The maximum absolute atomic E-state index is 11.7. The lowest BCUT2D eigenvalue weighted by Crippen LogP contribution is -2.17. The molecule has 0 aromatic heterocycles. The molecule has 5 nitrogen and oxygen atoms in total. The van der Waals surface area contributed by atoms with Crippen LogP contribution in [0.1, 0.15) is 5.56 Å². The lowest BCUT2D eigenvalue weighted by Gasteiger charge is -2.00. The van der Waals surface area contributed by atoms with Gasteiger partial charge in [0.25, 0.3) is 11.8 Å². The number of carbonyl (C=O) groups excluding carboxylic acids is 2. The van der Waals surface area contributed by atoms with E-state index in [9.17, 15) is 9.59 Å². The number of rotatable bonds is 1. The van der Waals surface area contributed by atoms with Crippen molar-refractivity contribution in [1.82, 2.24) is 0 Å². The smallest absolute Gasteiger partial charge is 0.260 e. The third-order valence-corrected chi connectivity index (χ3v) is 2.83. The fourth-order valence-electron chi connectivity index (χ4n) is 1.62. The summed E-state index contributed by atoms with van der Waals surface area (Å²) in [5, 5.41) is 11.4. The number of primary amides is 1. The Morgan fingerprint density at radius 2 is 2.18 bits per heavy atom. The van der Waals surface area contributed by atoms with Gasteiger partial charge in [0.1, 0.15) is 11.6 Å². The highest BCUT2D eigenvalue weighted by molar-refractivity contribution is 9.10. The molecule has 0 unspecified atom stereocenters. The van der Waals surface area contributed by atoms with Crippen molar-refractivity contribution < 1.29 is 9.59 Å². The molecule has 0 aliphatic carbocycles. The average molecular weight is 292 g/mol. The molecule has 0 bridgehead atoms. The number of hydrogen-bond acceptors (Lipinski definition) is 3. The highest BCUT2D eigenvalue weighted by atomic mass is 79.9. The van der Waals surface area contributed by atoms with Crippen molar-refractivity contribution >= 4 is 39.0 Å². The normalized spacial score (nSPS) is 15.9. The van der Waals surface area contributed by atoms with Crippen molar-refractivity contribution in [2.75, 3.05) is 5.32 Å². The zero-order valence-corrected chi connectivity index (χ0v) is 10.0. The van der Waals surface area contributed by atoms with E-state index in [2.05, 4.69) is 21.2 Å². The summed E-state index contributed by atoms with van der Waals surface area (Å²) in [4.78, 5) is 22.8. The molecule has 2 rings (SSSR count). The lowest BCUT2D eigenvalue weighted by atomic mass is 10.0. The number of nitriles is 1. The molecule has 0 atom stereocenters. The molecule has 1 aliphatic heterocycles. The summed E-state index contributed by atoms with van der Waals surface area (Å²) in [5.74, 6) is -1.40. The third kappa shape index (κ3) is 1.81. The van der Waals surface area contributed by atoms with Gasteiger partial charge in [0.2, 0.25) is 0 Å². The topological polar surface area (TPSA) is 96.0 Å². The minimum absolute atomic E-state index is 0.0244. The number of amides is 2. The van der Waals surface area contributed by atoms with E-state index in [-0.39, 0.29) is 11.1 Å². The van der Waals surface area contributed by atoms with E-state index < -0.39 is 11.8 Å². The SMILES string of the molecule is N#C/C(C(N)=O)=C1/C(=O)Nc2ccc(Br)cc21. The second kappa shape index (κ2) is 4.03. The lowest BCUT2D eigenvalue weighted by molar-refractivity contribution is -0.115. The number of carbonyl (C=O) groups is 2. The first-order valence-electron chi connectivity index (χ1n) is 4.60.